The van der Waals surface area contributed by atoms with Crippen molar-refractivity contribution in [3.63, 3.8) is 0 Å². The van der Waals surface area contributed by atoms with Crippen LogP contribution in [-0.4, -0.2) is 21.6 Å². The lowest BCUT2D eigenvalue weighted by atomic mass is 9.70. The Morgan fingerprint density at radius 1 is 1.17 bits per heavy atom. The first-order valence-electron chi connectivity index (χ1n) is 8.29. The standard InChI is InChI=1S/C21H20O3/c1-12(22)20-17-8-7-15-14-6-4-3-5-13(14)11-18(23)19(15)16(17)9-10-21(20,2)24/h3-8,11,20,23-24H,9-10H2,1-2H3/t20-,21-/m1/s1. The summed E-state index contributed by atoms with van der Waals surface area (Å²) in [7, 11) is 0. The van der Waals surface area contributed by atoms with Crippen LogP contribution in [0.15, 0.2) is 42.5 Å². The molecular formula is C21H20O3. The summed E-state index contributed by atoms with van der Waals surface area (Å²) in [6, 6.07) is 13.7. The molecule has 0 spiro atoms. The van der Waals surface area contributed by atoms with Gasteiger partial charge in [-0.1, -0.05) is 36.4 Å². The predicted molar refractivity (Wildman–Crippen MR) is 95.5 cm³/mol. The predicted octanol–water partition coefficient (Wildman–Crippen LogP) is 4.07. The second kappa shape index (κ2) is 5.05. The van der Waals surface area contributed by atoms with Crippen LogP contribution >= 0.6 is 0 Å². The molecule has 0 unspecified atom stereocenters. The van der Waals surface area contributed by atoms with E-state index in [1.165, 1.54) is 6.92 Å². The summed E-state index contributed by atoms with van der Waals surface area (Å²) in [5.74, 6) is -0.346. The maximum atomic E-state index is 12.2. The fraction of sp³-hybridized carbons (Fsp3) is 0.286. The number of aromatic hydroxyl groups is 1. The van der Waals surface area contributed by atoms with E-state index in [-0.39, 0.29) is 11.5 Å². The number of aryl methyl sites for hydroxylation is 1. The number of rotatable bonds is 1. The first-order valence-corrected chi connectivity index (χ1v) is 8.29. The minimum Gasteiger partial charge on any atom is -0.507 e. The molecule has 0 amide bonds. The fourth-order valence-corrected chi connectivity index (χ4v) is 4.32. The molecule has 3 aromatic rings. The average molecular weight is 320 g/mol. The molecule has 0 aliphatic heterocycles. The van der Waals surface area contributed by atoms with Gasteiger partial charge in [-0.3, -0.25) is 4.79 Å². The summed E-state index contributed by atoms with van der Waals surface area (Å²) < 4.78 is 0. The molecular weight excluding hydrogens is 300 g/mol. The van der Waals surface area contributed by atoms with Gasteiger partial charge in [-0.25, -0.2) is 0 Å². The van der Waals surface area contributed by atoms with E-state index >= 15 is 0 Å². The van der Waals surface area contributed by atoms with Gasteiger partial charge in [-0.2, -0.15) is 0 Å². The molecule has 4 rings (SSSR count). The van der Waals surface area contributed by atoms with E-state index in [9.17, 15) is 15.0 Å². The number of phenolic OH excluding ortho intramolecular Hbond substituents is 1. The molecule has 0 saturated heterocycles. The van der Waals surface area contributed by atoms with Gasteiger partial charge in [0.05, 0.1) is 11.5 Å². The second-order valence-electron chi connectivity index (χ2n) is 7.07. The Morgan fingerprint density at radius 2 is 1.92 bits per heavy atom. The Hall–Kier alpha value is -2.39. The summed E-state index contributed by atoms with van der Waals surface area (Å²) in [5, 5.41) is 25.2. The normalized spacial score (nSPS) is 23.4. The number of Topliss-reactive ketones (excluding diaryl/α,β-unsaturated/α-hetero) is 1. The first kappa shape index (κ1) is 15.2. The molecule has 0 bridgehead atoms. The largest absolute Gasteiger partial charge is 0.507 e. The lowest BCUT2D eigenvalue weighted by Gasteiger charge is -2.38. The van der Waals surface area contributed by atoms with E-state index in [0.717, 1.165) is 32.7 Å². The van der Waals surface area contributed by atoms with Crippen LogP contribution in [0.5, 0.6) is 5.75 Å². The van der Waals surface area contributed by atoms with E-state index in [4.69, 9.17) is 0 Å². The zero-order valence-electron chi connectivity index (χ0n) is 13.8. The van der Waals surface area contributed by atoms with Crippen molar-refractivity contribution < 1.29 is 15.0 Å². The number of benzene rings is 3. The van der Waals surface area contributed by atoms with Gasteiger partial charge in [0.1, 0.15) is 11.5 Å². The molecule has 0 radical (unpaired) electrons. The topological polar surface area (TPSA) is 57.5 Å². The zero-order chi connectivity index (χ0) is 17.1. The van der Waals surface area contributed by atoms with E-state index in [1.807, 2.05) is 36.4 Å². The molecule has 3 heteroatoms. The summed E-state index contributed by atoms with van der Waals surface area (Å²) in [5.41, 5.74) is 0.790. The molecule has 3 aromatic carbocycles. The Morgan fingerprint density at radius 3 is 2.67 bits per heavy atom. The maximum Gasteiger partial charge on any atom is 0.140 e. The molecule has 0 saturated carbocycles. The van der Waals surface area contributed by atoms with Crippen LogP contribution in [0.25, 0.3) is 21.5 Å². The number of carbonyl (C=O) groups excluding carboxylic acids is 1. The number of hydrogen-bond donors (Lipinski definition) is 2. The van der Waals surface area contributed by atoms with E-state index in [2.05, 4.69) is 0 Å². The van der Waals surface area contributed by atoms with Crippen molar-refractivity contribution in [3.8, 4) is 5.75 Å². The number of aliphatic hydroxyl groups is 1. The summed E-state index contributed by atoms with van der Waals surface area (Å²) in [4.78, 5) is 12.2. The van der Waals surface area contributed by atoms with Crippen LogP contribution in [0.1, 0.15) is 37.3 Å². The van der Waals surface area contributed by atoms with Gasteiger partial charge in [0, 0.05) is 5.39 Å². The van der Waals surface area contributed by atoms with E-state index in [1.54, 1.807) is 13.0 Å². The highest BCUT2D eigenvalue weighted by Crippen LogP contribution is 2.45. The van der Waals surface area contributed by atoms with E-state index < -0.39 is 11.5 Å². The van der Waals surface area contributed by atoms with Gasteiger partial charge in [0.15, 0.2) is 0 Å². The highest BCUT2D eigenvalue weighted by Gasteiger charge is 2.41. The summed E-state index contributed by atoms with van der Waals surface area (Å²) >= 11 is 0. The van der Waals surface area contributed by atoms with Gasteiger partial charge >= 0.3 is 0 Å². The zero-order valence-corrected chi connectivity index (χ0v) is 13.8. The van der Waals surface area contributed by atoms with Crippen LogP contribution in [-0.2, 0) is 11.2 Å². The number of phenols is 1. The molecule has 122 valence electrons. The van der Waals surface area contributed by atoms with Gasteiger partial charge in [0.25, 0.3) is 0 Å². The number of fused-ring (bicyclic) bond motifs is 5. The summed E-state index contributed by atoms with van der Waals surface area (Å²) in [6.07, 6.45) is 1.16. The first-order chi connectivity index (χ1) is 11.4. The van der Waals surface area contributed by atoms with Crippen LogP contribution < -0.4 is 0 Å². The van der Waals surface area contributed by atoms with Crippen molar-refractivity contribution in [1.82, 2.24) is 0 Å². The van der Waals surface area contributed by atoms with Gasteiger partial charge < -0.3 is 10.2 Å². The minimum atomic E-state index is -1.04. The molecule has 0 aromatic heterocycles. The highest BCUT2D eigenvalue weighted by atomic mass is 16.3. The molecule has 1 aliphatic carbocycles. The van der Waals surface area contributed by atoms with Crippen molar-refractivity contribution in [2.45, 2.75) is 38.2 Å². The number of ketones is 1. The van der Waals surface area contributed by atoms with Crippen molar-refractivity contribution in [1.29, 1.82) is 0 Å². The Kier molecular flexibility index (Phi) is 3.19. The lowest BCUT2D eigenvalue weighted by molar-refractivity contribution is -0.124. The summed E-state index contributed by atoms with van der Waals surface area (Å²) in [6.45, 7) is 3.26. The molecule has 3 nitrogen and oxygen atoms in total. The maximum absolute atomic E-state index is 12.2. The Balaban J connectivity index is 2.10. The molecule has 24 heavy (non-hydrogen) atoms. The van der Waals surface area contributed by atoms with Crippen molar-refractivity contribution in [2.24, 2.45) is 0 Å². The third-order valence-electron chi connectivity index (χ3n) is 5.37. The van der Waals surface area contributed by atoms with Gasteiger partial charge in [-0.15, -0.1) is 0 Å². The monoisotopic (exact) mass is 320 g/mol. The second-order valence-corrected chi connectivity index (χ2v) is 7.07. The van der Waals surface area contributed by atoms with Crippen molar-refractivity contribution >= 4 is 27.3 Å². The Bertz CT molecular complexity index is 985. The lowest BCUT2D eigenvalue weighted by Crippen LogP contribution is -2.40. The van der Waals surface area contributed by atoms with Gasteiger partial charge in [0.2, 0.25) is 0 Å². The fourth-order valence-electron chi connectivity index (χ4n) is 4.32. The molecule has 0 fully saturated rings. The third kappa shape index (κ3) is 2.05. The van der Waals surface area contributed by atoms with Crippen molar-refractivity contribution in [3.05, 3.63) is 53.6 Å². The minimum absolute atomic E-state index is 0.0411. The molecule has 2 N–H and O–H groups in total. The van der Waals surface area contributed by atoms with Gasteiger partial charge in [-0.05, 0) is 60.0 Å². The molecule has 0 heterocycles. The smallest absolute Gasteiger partial charge is 0.140 e. The Labute approximate surface area is 140 Å². The van der Waals surface area contributed by atoms with E-state index in [0.29, 0.717) is 12.8 Å². The SMILES string of the molecule is CC(=O)[C@@H]1c2ccc3c(c(O)cc4ccccc43)c2CC[C@@]1(C)O. The van der Waals surface area contributed by atoms with Crippen molar-refractivity contribution in [2.75, 3.05) is 0 Å². The molecule has 1 aliphatic rings. The third-order valence-corrected chi connectivity index (χ3v) is 5.37. The number of carbonyl (C=O) groups is 1. The average Bonchev–Trinajstić information content (AvgIpc) is 2.53. The van der Waals surface area contributed by atoms with Crippen LogP contribution in [0.3, 0.4) is 0 Å². The van der Waals surface area contributed by atoms with Crippen LogP contribution in [0.2, 0.25) is 0 Å². The highest BCUT2D eigenvalue weighted by molar-refractivity contribution is 6.12. The van der Waals surface area contributed by atoms with Crippen LogP contribution in [0.4, 0.5) is 0 Å². The molecule has 2 atom stereocenters. The number of hydrogen-bond acceptors (Lipinski definition) is 3. The van der Waals surface area contributed by atoms with Crippen LogP contribution in [0, 0.1) is 0 Å². The quantitative estimate of drug-likeness (QED) is 0.665.